The molecule has 0 saturated carbocycles. The van der Waals surface area contributed by atoms with E-state index in [2.05, 4.69) is 0 Å². The molecule has 0 spiro atoms. The zero-order valence-corrected chi connectivity index (χ0v) is 13.6. The average molecular weight is 322 g/mol. The minimum Gasteiger partial charge on any atom is -0.480 e. The molecule has 1 aliphatic rings. The van der Waals surface area contributed by atoms with Gasteiger partial charge in [0.05, 0.1) is 6.54 Å². The highest BCUT2D eigenvalue weighted by Crippen LogP contribution is 2.18. The number of carbonyl (C=O) groups is 2. The second-order valence-electron chi connectivity index (χ2n) is 6.15. The van der Waals surface area contributed by atoms with Gasteiger partial charge in [-0.15, -0.1) is 0 Å². The standard InChI is InChI=1S/C17H23FN2O3/c1-12-10-13(5-6-15(12)18)17(23)20-8-3-4-14(7-9-20)19(2)11-16(21)22/h5-6,10,14H,3-4,7-9,11H2,1-2H3,(H,21,22). The van der Waals surface area contributed by atoms with Crippen molar-refractivity contribution in [2.24, 2.45) is 0 Å². The minimum atomic E-state index is -0.841. The van der Waals surface area contributed by atoms with Gasteiger partial charge in [0.2, 0.25) is 0 Å². The molecule has 1 aromatic rings. The third-order valence-electron chi connectivity index (χ3n) is 4.40. The van der Waals surface area contributed by atoms with Crippen LogP contribution in [0.25, 0.3) is 0 Å². The number of benzene rings is 1. The smallest absolute Gasteiger partial charge is 0.317 e. The van der Waals surface area contributed by atoms with Gasteiger partial charge in [0, 0.05) is 24.7 Å². The quantitative estimate of drug-likeness (QED) is 0.923. The number of carboxylic acids is 1. The second kappa shape index (κ2) is 7.55. The Labute approximate surface area is 135 Å². The zero-order chi connectivity index (χ0) is 17.0. The molecule has 1 aliphatic heterocycles. The number of amides is 1. The lowest BCUT2D eigenvalue weighted by molar-refractivity contribution is -0.138. The highest BCUT2D eigenvalue weighted by molar-refractivity contribution is 5.94. The van der Waals surface area contributed by atoms with Gasteiger partial charge >= 0.3 is 5.97 Å². The van der Waals surface area contributed by atoms with Crippen LogP contribution in [0.5, 0.6) is 0 Å². The number of aryl methyl sites for hydroxylation is 1. The van der Waals surface area contributed by atoms with Crippen LogP contribution in [0.1, 0.15) is 35.2 Å². The van der Waals surface area contributed by atoms with Crippen molar-refractivity contribution < 1.29 is 19.1 Å². The molecule has 1 aromatic carbocycles. The van der Waals surface area contributed by atoms with E-state index in [0.717, 1.165) is 19.3 Å². The van der Waals surface area contributed by atoms with Crippen molar-refractivity contribution in [2.75, 3.05) is 26.7 Å². The van der Waals surface area contributed by atoms with Gasteiger partial charge in [-0.2, -0.15) is 0 Å². The normalized spacial score (nSPS) is 18.8. The van der Waals surface area contributed by atoms with E-state index < -0.39 is 5.97 Å². The van der Waals surface area contributed by atoms with Crippen LogP contribution >= 0.6 is 0 Å². The fourth-order valence-corrected chi connectivity index (χ4v) is 3.03. The van der Waals surface area contributed by atoms with Gasteiger partial charge in [-0.3, -0.25) is 14.5 Å². The Morgan fingerprint density at radius 1 is 1.35 bits per heavy atom. The van der Waals surface area contributed by atoms with Gasteiger partial charge in [0.15, 0.2) is 0 Å². The molecule has 0 aromatic heterocycles. The average Bonchev–Trinajstić information content (AvgIpc) is 2.74. The Balaban J connectivity index is 2.00. The Morgan fingerprint density at radius 3 is 2.74 bits per heavy atom. The number of likely N-dealkylation sites (N-methyl/N-ethyl adjacent to an activating group) is 1. The molecule has 5 nitrogen and oxygen atoms in total. The molecule has 1 fully saturated rings. The van der Waals surface area contributed by atoms with E-state index in [9.17, 15) is 14.0 Å². The largest absolute Gasteiger partial charge is 0.480 e. The van der Waals surface area contributed by atoms with Crippen molar-refractivity contribution >= 4 is 11.9 Å². The van der Waals surface area contributed by atoms with Crippen molar-refractivity contribution in [3.63, 3.8) is 0 Å². The van der Waals surface area contributed by atoms with Crippen molar-refractivity contribution in [1.82, 2.24) is 9.80 Å². The maximum atomic E-state index is 13.3. The first-order chi connectivity index (χ1) is 10.9. The van der Waals surface area contributed by atoms with Crippen molar-refractivity contribution in [3.05, 3.63) is 35.1 Å². The summed E-state index contributed by atoms with van der Waals surface area (Å²) in [4.78, 5) is 27.0. The number of nitrogens with zero attached hydrogens (tertiary/aromatic N) is 2. The Morgan fingerprint density at radius 2 is 2.09 bits per heavy atom. The summed E-state index contributed by atoms with van der Waals surface area (Å²) >= 11 is 0. The predicted molar refractivity (Wildman–Crippen MR) is 84.9 cm³/mol. The maximum absolute atomic E-state index is 13.3. The third-order valence-corrected chi connectivity index (χ3v) is 4.40. The van der Waals surface area contributed by atoms with Crippen molar-refractivity contribution in [2.45, 2.75) is 32.2 Å². The molecule has 2 rings (SSSR count). The summed E-state index contributed by atoms with van der Waals surface area (Å²) in [6, 6.07) is 4.59. The van der Waals surface area contributed by atoms with Crippen LogP contribution in [0.2, 0.25) is 0 Å². The first-order valence-electron chi connectivity index (χ1n) is 7.86. The topological polar surface area (TPSA) is 60.9 Å². The summed E-state index contributed by atoms with van der Waals surface area (Å²) in [7, 11) is 1.81. The fraction of sp³-hybridized carbons (Fsp3) is 0.529. The third kappa shape index (κ3) is 4.51. The van der Waals surface area contributed by atoms with Gasteiger partial charge in [-0.1, -0.05) is 0 Å². The van der Waals surface area contributed by atoms with Gasteiger partial charge in [0.25, 0.3) is 5.91 Å². The Kier molecular flexibility index (Phi) is 5.71. The minimum absolute atomic E-state index is 0.00969. The summed E-state index contributed by atoms with van der Waals surface area (Å²) in [6.45, 7) is 2.89. The summed E-state index contributed by atoms with van der Waals surface area (Å²) in [5, 5.41) is 8.89. The molecule has 1 unspecified atom stereocenters. The van der Waals surface area contributed by atoms with Crippen molar-refractivity contribution in [1.29, 1.82) is 0 Å². The molecule has 126 valence electrons. The van der Waals surface area contributed by atoms with Gasteiger partial charge in [0.1, 0.15) is 5.82 Å². The Hall–Kier alpha value is -1.95. The van der Waals surface area contributed by atoms with Crippen molar-refractivity contribution in [3.8, 4) is 0 Å². The molecule has 1 atom stereocenters. The molecule has 0 radical (unpaired) electrons. The summed E-state index contributed by atoms with van der Waals surface area (Å²) < 4.78 is 13.3. The van der Waals surface area contributed by atoms with Crippen LogP contribution in [0.4, 0.5) is 4.39 Å². The molecule has 0 aliphatic carbocycles. The van der Waals surface area contributed by atoms with E-state index in [1.165, 1.54) is 12.1 Å². The molecule has 1 heterocycles. The van der Waals surface area contributed by atoms with Crippen LogP contribution < -0.4 is 0 Å². The monoisotopic (exact) mass is 322 g/mol. The lowest BCUT2D eigenvalue weighted by Crippen LogP contribution is -2.37. The number of carboxylic acid groups (broad SMARTS) is 1. The van der Waals surface area contributed by atoms with Crippen LogP contribution in [0.15, 0.2) is 18.2 Å². The van der Waals surface area contributed by atoms with Crippen LogP contribution in [0, 0.1) is 12.7 Å². The predicted octanol–water partition coefficient (Wildman–Crippen LogP) is 2.15. The molecule has 1 amide bonds. The molecule has 6 heteroatoms. The zero-order valence-electron chi connectivity index (χ0n) is 13.6. The summed E-state index contributed by atoms with van der Waals surface area (Å²) in [5.41, 5.74) is 0.964. The summed E-state index contributed by atoms with van der Waals surface area (Å²) in [5.74, 6) is -1.24. The number of hydrogen-bond acceptors (Lipinski definition) is 3. The van der Waals surface area contributed by atoms with E-state index in [4.69, 9.17) is 5.11 Å². The molecule has 23 heavy (non-hydrogen) atoms. The van der Waals surface area contributed by atoms with E-state index in [1.807, 2.05) is 4.90 Å². The molecule has 0 bridgehead atoms. The number of aliphatic carboxylic acids is 1. The van der Waals surface area contributed by atoms with E-state index in [1.54, 1.807) is 24.9 Å². The number of likely N-dealkylation sites (tertiary alicyclic amines) is 1. The molecule has 1 N–H and O–H groups in total. The lowest BCUT2D eigenvalue weighted by atomic mass is 10.1. The van der Waals surface area contributed by atoms with Gasteiger partial charge in [-0.25, -0.2) is 4.39 Å². The first-order valence-corrected chi connectivity index (χ1v) is 7.86. The maximum Gasteiger partial charge on any atom is 0.317 e. The second-order valence-corrected chi connectivity index (χ2v) is 6.15. The fourth-order valence-electron chi connectivity index (χ4n) is 3.03. The van der Waals surface area contributed by atoms with Gasteiger partial charge in [-0.05, 0) is 57.0 Å². The number of carbonyl (C=O) groups excluding carboxylic acids is 1. The van der Waals surface area contributed by atoms with Crippen LogP contribution in [-0.2, 0) is 4.79 Å². The van der Waals surface area contributed by atoms with E-state index in [-0.39, 0.29) is 24.3 Å². The van der Waals surface area contributed by atoms with Crippen LogP contribution in [-0.4, -0.2) is 59.5 Å². The van der Waals surface area contributed by atoms with E-state index >= 15 is 0 Å². The molecule has 1 saturated heterocycles. The SMILES string of the molecule is Cc1cc(C(=O)N2CCCC(N(C)CC(=O)O)CC2)ccc1F. The first kappa shape index (κ1) is 17.4. The number of hydrogen-bond donors (Lipinski definition) is 1. The molecular weight excluding hydrogens is 299 g/mol. The Bertz CT molecular complexity index is 591. The van der Waals surface area contributed by atoms with Gasteiger partial charge < -0.3 is 10.0 Å². The highest BCUT2D eigenvalue weighted by Gasteiger charge is 2.24. The molecular formula is C17H23FN2O3. The highest BCUT2D eigenvalue weighted by atomic mass is 19.1. The lowest BCUT2D eigenvalue weighted by Gasteiger charge is -2.25. The number of halogens is 1. The summed E-state index contributed by atoms with van der Waals surface area (Å²) in [6.07, 6.45) is 2.45. The number of rotatable bonds is 4. The van der Waals surface area contributed by atoms with Crippen LogP contribution in [0.3, 0.4) is 0 Å². The van der Waals surface area contributed by atoms with E-state index in [0.29, 0.717) is 24.2 Å².